The highest BCUT2D eigenvalue weighted by Gasteiger charge is 2.13. The molecule has 2 nitrogen and oxygen atoms in total. The van der Waals surface area contributed by atoms with Gasteiger partial charge < -0.3 is 9.47 Å². The second-order valence-electron chi connectivity index (χ2n) is 2.69. The predicted octanol–water partition coefficient (Wildman–Crippen LogP) is 3.32. The minimum atomic E-state index is -0.295. The molecule has 0 aliphatic heterocycles. The summed E-state index contributed by atoms with van der Waals surface area (Å²) in [4.78, 5) is 0. The highest BCUT2D eigenvalue weighted by molar-refractivity contribution is 9.10. The molecule has 0 saturated heterocycles. The average molecular weight is 258 g/mol. The number of hydrogen-bond acceptors (Lipinski definition) is 2. The van der Waals surface area contributed by atoms with Gasteiger partial charge in [0.25, 0.3) is 0 Å². The summed E-state index contributed by atoms with van der Waals surface area (Å²) in [6, 6.07) is 8.66. The Morgan fingerprint density at radius 2 is 2.00 bits per heavy atom. The summed E-state index contributed by atoms with van der Waals surface area (Å²) < 4.78 is 11.9. The van der Waals surface area contributed by atoms with E-state index in [-0.39, 0.29) is 6.29 Å². The zero-order valence-electron chi connectivity index (χ0n) is 8.42. The van der Waals surface area contributed by atoms with E-state index in [0.717, 1.165) is 10.0 Å². The van der Waals surface area contributed by atoms with Crippen molar-refractivity contribution in [2.45, 2.75) is 20.1 Å². The molecule has 0 saturated carbocycles. The molecule has 0 aromatic heterocycles. The van der Waals surface area contributed by atoms with Crippen molar-refractivity contribution in [1.29, 1.82) is 0 Å². The molecule has 0 amide bonds. The van der Waals surface area contributed by atoms with Gasteiger partial charge in [0.1, 0.15) is 0 Å². The Labute approximate surface area is 93.4 Å². The summed E-state index contributed by atoms with van der Waals surface area (Å²) in [7, 11) is 0. The van der Waals surface area contributed by atoms with Gasteiger partial charge in [-0.3, -0.25) is 0 Å². The van der Waals surface area contributed by atoms with E-state index < -0.39 is 0 Å². The van der Waals surface area contributed by atoms with E-state index in [0.29, 0.717) is 13.2 Å². The Bertz CT molecular complexity index is 270. The maximum absolute atomic E-state index is 5.48. The van der Waals surface area contributed by atoms with Crippen molar-refractivity contribution in [2.75, 3.05) is 13.2 Å². The molecule has 0 heterocycles. The molecule has 0 fully saturated rings. The summed E-state index contributed by atoms with van der Waals surface area (Å²) in [6.07, 6.45) is -0.295. The van der Waals surface area contributed by atoms with E-state index >= 15 is 0 Å². The molecule has 0 bridgehead atoms. The first-order chi connectivity index (χ1) is 6.79. The molecule has 0 aliphatic rings. The molecule has 1 rings (SSSR count). The van der Waals surface area contributed by atoms with Crippen molar-refractivity contribution >= 4 is 15.9 Å². The van der Waals surface area contributed by atoms with Gasteiger partial charge in [0, 0.05) is 23.2 Å². The second-order valence-corrected chi connectivity index (χ2v) is 3.54. The summed E-state index contributed by atoms with van der Waals surface area (Å²) in [5.41, 5.74) is 0.983. The summed E-state index contributed by atoms with van der Waals surface area (Å²) >= 11 is 3.46. The third-order valence-electron chi connectivity index (χ3n) is 1.73. The molecule has 3 heteroatoms. The Kier molecular flexibility index (Phi) is 5.15. The Morgan fingerprint density at radius 3 is 2.50 bits per heavy atom. The van der Waals surface area contributed by atoms with Gasteiger partial charge in [0.15, 0.2) is 6.29 Å². The van der Waals surface area contributed by atoms with Crippen LogP contribution in [-0.2, 0) is 9.47 Å². The third-order valence-corrected chi connectivity index (χ3v) is 2.45. The molecule has 1 aromatic carbocycles. The van der Waals surface area contributed by atoms with Crippen molar-refractivity contribution < 1.29 is 9.47 Å². The van der Waals surface area contributed by atoms with Gasteiger partial charge >= 0.3 is 0 Å². The first kappa shape index (κ1) is 11.7. The lowest BCUT2D eigenvalue weighted by atomic mass is 10.2. The minimum Gasteiger partial charge on any atom is -0.349 e. The number of benzene rings is 1. The molecule has 1 radical (unpaired) electrons. The molecule has 77 valence electrons. The Hall–Kier alpha value is -0.380. The van der Waals surface area contributed by atoms with Gasteiger partial charge in [-0.05, 0) is 32.0 Å². The fraction of sp³-hybridized carbons (Fsp3) is 0.455. The smallest absolute Gasteiger partial charge is 0.184 e. The number of hydrogen-bond donors (Lipinski definition) is 0. The standard InChI is InChI=1S/C11H14BrO2/c1-3-13-11(14-4-2)9-7-5-6-8-10(9)12/h6-8,11H,3-4H2,1-2H3. The molecule has 0 spiro atoms. The second kappa shape index (κ2) is 6.17. The van der Waals surface area contributed by atoms with E-state index in [2.05, 4.69) is 22.0 Å². The van der Waals surface area contributed by atoms with Gasteiger partial charge in [-0.1, -0.05) is 22.0 Å². The zero-order chi connectivity index (χ0) is 10.4. The van der Waals surface area contributed by atoms with Crippen molar-refractivity contribution in [3.63, 3.8) is 0 Å². The van der Waals surface area contributed by atoms with Crippen LogP contribution in [0.5, 0.6) is 0 Å². The quantitative estimate of drug-likeness (QED) is 0.754. The molecule has 14 heavy (non-hydrogen) atoms. The summed E-state index contributed by atoms with van der Waals surface area (Å²) in [6.45, 7) is 5.16. The van der Waals surface area contributed by atoms with Crippen LogP contribution in [0, 0.1) is 6.07 Å². The number of halogens is 1. The molecule has 0 atom stereocenters. The Balaban J connectivity index is 2.81. The molecule has 1 aromatic rings. The number of rotatable bonds is 5. The lowest BCUT2D eigenvalue weighted by Gasteiger charge is -2.18. The van der Waals surface area contributed by atoms with E-state index in [4.69, 9.17) is 9.47 Å². The Morgan fingerprint density at radius 1 is 1.36 bits per heavy atom. The highest BCUT2D eigenvalue weighted by atomic mass is 79.9. The van der Waals surface area contributed by atoms with E-state index in [9.17, 15) is 0 Å². The molecule has 0 N–H and O–H groups in total. The largest absolute Gasteiger partial charge is 0.349 e. The van der Waals surface area contributed by atoms with Crippen LogP contribution in [-0.4, -0.2) is 13.2 Å². The van der Waals surface area contributed by atoms with Crippen molar-refractivity contribution in [3.8, 4) is 0 Å². The van der Waals surface area contributed by atoms with Crippen LogP contribution in [0.3, 0.4) is 0 Å². The molecular formula is C11H14BrO2. The monoisotopic (exact) mass is 257 g/mol. The first-order valence-corrected chi connectivity index (χ1v) is 5.47. The van der Waals surface area contributed by atoms with E-state index in [1.54, 1.807) is 0 Å². The molecule has 0 aliphatic carbocycles. The van der Waals surface area contributed by atoms with Gasteiger partial charge in [0.05, 0.1) is 0 Å². The van der Waals surface area contributed by atoms with Gasteiger partial charge in [-0.25, -0.2) is 0 Å². The van der Waals surface area contributed by atoms with Crippen LogP contribution in [0.15, 0.2) is 22.7 Å². The lowest BCUT2D eigenvalue weighted by Crippen LogP contribution is -2.09. The van der Waals surface area contributed by atoms with Crippen LogP contribution in [0.25, 0.3) is 0 Å². The minimum absolute atomic E-state index is 0.295. The zero-order valence-corrected chi connectivity index (χ0v) is 10.0. The van der Waals surface area contributed by atoms with Crippen molar-refractivity contribution in [2.24, 2.45) is 0 Å². The summed E-state index contributed by atoms with van der Waals surface area (Å²) in [5.74, 6) is 0. The molecular weight excluding hydrogens is 244 g/mol. The van der Waals surface area contributed by atoms with E-state index in [1.165, 1.54) is 0 Å². The van der Waals surface area contributed by atoms with Crippen molar-refractivity contribution in [3.05, 3.63) is 34.3 Å². The van der Waals surface area contributed by atoms with Gasteiger partial charge in [-0.15, -0.1) is 0 Å². The average Bonchev–Trinajstić information content (AvgIpc) is 2.18. The van der Waals surface area contributed by atoms with Crippen LogP contribution in [0.4, 0.5) is 0 Å². The normalized spacial score (nSPS) is 10.9. The molecule has 0 unspecified atom stereocenters. The fourth-order valence-electron chi connectivity index (χ4n) is 1.14. The lowest BCUT2D eigenvalue weighted by molar-refractivity contribution is -0.140. The van der Waals surface area contributed by atoms with Crippen LogP contribution < -0.4 is 0 Å². The topological polar surface area (TPSA) is 18.5 Å². The van der Waals surface area contributed by atoms with Crippen LogP contribution in [0.1, 0.15) is 25.7 Å². The van der Waals surface area contributed by atoms with E-state index in [1.807, 2.05) is 32.0 Å². The SMILES string of the molecule is CCOC(OCC)c1c[c]ccc1Br. The maximum Gasteiger partial charge on any atom is 0.184 e. The van der Waals surface area contributed by atoms with Gasteiger partial charge in [-0.2, -0.15) is 0 Å². The fourth-order valence-corrected chi connectivity index (χ4v) is 1.57. The summed E-state index contributed by atoms with van der Waals surface area (Å²) in [5, 5.41) is 0. The predicted molar refractivity (Wildman–Crippen MR) is 59.0 cm³/mol. The van der Waals surface area contributed by atoms with Crippen LogP contribution >= 0.6 is 15.9 Å². The third kappa shape index (κ3) is 3.08. The first-order valence-electron chi connectivity index (χ1n) is 4.68. The number of ether oxygens (including phenoxy) is 2. The highest BCUT2D eigenvalue weighted by Crippen LogP contribution is 2.26. The van der Waals surface area contributed by atoms with Crippen molar-refractivity contribution in [1.82, 2.24) is 0 Å². The van der Waals surface area contributed by atoms with Gasteiger partial charge in [0.2, 0.25) is 0 Å². The van der Waals surface area contributed by atoms with Crippen LogP contribution in [0.2, 0.25) is 0 Å². The maximum atomic E-state index is 5.48.